The van der Waals surface area contributed by atoms with Crippen LogP contribution in [0.3, 0.4) is 0 Å². The van der Waals surface area contributed by atoms with Crippen molar-refractivity contribution >= 4 is 23.0 Å². The Labute approximate surface area is 149 Å². The van der Waals surface area contributed by atoms with Crippen LogP contribution in [-0.2, 0) is 11.3 Å². The number of carboxylic acid groups (broad SMARTS) is 1. The first-order valence-electron chi connectivity index (χ1n) is 8.21. The van der Waals surface area contributed by atoms with Crippen molar-refractivity contribution < 1.29 is 14.8 Å². The summed E-state index contributed by atoms with van der Waals surface area (Å²) in [4.78, 5) is 26.3. The Balaban J connectivity index is 1.76. The molecule has 6 nitrogen and oxygen atoms in total. The van der Waals surface area contributed by atoms with Crippen LogP contribution in [0, 0.1) is 22.0 Å². The summed E-state index contributed by atoms with van der Waals surface area (Å²) in [6.45, 7) is 4.19. The fourth-order valence-corrected chi connectivity index (χ4v) is 4.52. The van der Waals surface area contributed by atoms with Crippen LogP contribution in [0.2, 0.25) is 0 Å². The lowest BCUT2D eigenvalue weighted by molar-refractivity contribution is -0.384. The maximum atomic E-state index is 11.3. The van der Waals surface area contributed by atoms with Crippen molar-refractivity contribution in [3.05, 3.63) is 51.4 Å². The topological polar surface area (TPSA) is 83.7 Å². The van der Waals surface area contributed by atoms with Gasteiger partial charge in [-0.25, -0.2) is 0 Å². The normalized spacial score (nSPS) is 21.2. The molecular formula is C18H20N2O4S. The minimum absolute atomic E-state index is 0.105. The first kappa shape index (κ1) is 17.6. The van der Waals surface area contributed by atoms with Crippen LogP contribution in [0.4, 0.5) is 5.69 Å². The van der Waals surface area contributed by atoms with Crippen LogP contribution < -0.4 is 0 Å². The van der Waals surface area contributed by atoms with Gasteiger partial charge < -0.3 is 5.11 Å². The second kappa shape index (κ2) is 7.33. The highest BCUT2D eigenvalue weighted by molar-refractivity contribution is 7.15. The van der Waals surface area contributed by atoms with E-state index in [0.717, 1.165) is 22.7 Å². The van der Waals surface area contributed by atoms with Crippen molar-refractivity contribution in [3.63, 3.8) is 0 Å². The van der Waals surface area contributed by atoms with Crippen LogP contribution >= 0.6 is 11.3 Å². The van der Waals surface area contributed by atoms with E-state index in [1.54, 1.807) is 18.2 Å². The van der Waals surface area contributed by atoms with Gasteiger partial charge in [-0.3, -0.25) is 19.8 Å². The maximum absolute atomic E-state index is 11.3. The first-order chi connectivity index (χ1) is 11.9. The fourth-order valence-electron chi connectivity index (χ4n) is 3.44. The second-order valence-corrected chi connectivity index (χ2v) is 7.78. The zero-order valence-corrected chi connectivity index (χ0v) is 14.7. The van der Waals surface area contributed by atoms with Crippen LogP contribution in [0.15, 0.2) is 36.4 Å². The molecule has 0 saturated carbocycles. The van der Waals surface area contributed by atoms with Gasteiger partial charge in [0.2, 0.25) is 0 Å². The Morgan fingerprint density at radius 1 is 1.32 bits per heavy atom. The van der Waals surface area contributed by atoms with Gasteiger partial charge in [0, 0.05) is 35.5 Å². The van der Waals surface area contributed by atoms with E-state index in [9.17, 15) is 20.0 Å². The quantitative estimate of drug-likeness (QED) is 0.646. The smallest absolute Gasteiger partial charge is 0.307 e. The molecule has 1 N–H and O–H groups in total. The summed E-state index contributed by atoms with van der Waals surface area (Å²) in [5, 5.41) is 20.5. The average molecular weight is 360 g/mol. The molecule has 7 heteroatoms. The molecule has 2 aromatic rings. The number of aliphatic carboxylic acids is 1. The summed E-state index contributed by atoms with van der Waals surface area (Å²) < 4.78 is 0. The highest BCUT2D eigenvalue weighted by Gasteiger charge is 2.29. The van der Waals surface area contributed by atoms with Crippen LogP contribution in [0.5, 0.6) is 0 Å². The van der Waals surface area contributed by atoms with Gasteiger partial charge in [-0.05, 0) is 30.5 Å². The van der Waals surface area contributed by atoms with Crippen molar-refractivity contribution in [3.8, 4) is 10.4 Å². The Morgan fingerprint density at radius 3 is 2.80 bits per heavy atom. The molecule has 2 unspecified atom stereocenters. The molecule has 3 rings (SSSR count). The molecule has 1 aliphatic rings. The monoisotopic (exact) mass is 360 g/mol. The molecule has 1 aliphatic heterocycles. The Morgan fingerprint density at radius 2 is 2.08 bits per heavy atom. The van der Waals surface area contributed by atoms with E-state index < -0.39 is 5.97 Å². The number of carbonyl (C=O) groups is 1. The zero-order valence-electron chi connectivity index (χ0n) is 13.9. The van der Waals surface area contributed by atoms with Gasteiger partial charge in [0.1, 0.15) is 0 Å². The summed E-state index contributed by atoms with van der Waals surface area (Å²) in [7, 11) is 0. The van der Waals surface area contributed by atoms with Gasteiger partial charge in [0.05, 0.1) is 16.4 Å². The summed E-state index contributed by atoms with van der Waals surface area (Å²) >= 11 is 1.53. The lowest BCUT2D eigenvalue weighted by Crippen LogP contribution is -2.41. The van der Waals surface area contributed by atoms with E-state index in [4.69, 9.17) is 0 Å². The van der Waals surface area contributed by atoms with Crippen LogP contribution in [0.1, 0.15) is 18.2 Å². The number of hydrogen-bond acceptors (Lipinski definition) is 5. The molecule has 0 aliphatic carbocycles. The van der Waals surface area contributed by atoms with Gasteiger partial charge in [0.15, 0.2) is 0 Å². The van der Waals surface area contributed by atoms with E-state index in [2.05, 4.69) is 11.8 Å². The van der Waals surface area contributed by atoms with Gasteiger partial charge >= 0.3 is 5.97 Å². The second-order valence-electron chi connectivity index (χ2n) is 6.61. The zero-order chi connectivity index (χ0) is 18.0. The number of para-hydroxylation sites is 1. The number of hydrogen-bond donors (Lipinski definition) is 1. The molecule has 0 spiro atoms. The lowest BCUT2D eigenvalue weighted by atomic mass is 9.90. The molecular weight excluding hydrogens is 340 g/mol. The van der Waals surface area contributed by atoms with Crippen molar-refractivity contribution in [2.75, 3.05) is 13.1 Å². The number of thiophene rings is 1. The van der Waals surface area contributed by atoms with Crippen molar-refractivity contribution in [2.45, 2.75) is 19.9 Å². The van der Waals surface area contributed by atoms with Crippen molar-refractivity contribution in [2.24, 2.45) is 11.8 Å². The number of nitro groups is 1. The highest BCUT2D eigenvalue weighted by Crippen LogP contribution is 2.35. The number of likely N-dealkylation sites (tertiary alicyclic amines) is 1. The van der Waals surface area contributed by atoms with E-state index in [1.807, 2.05) is 12.1 Å². The summed E-state index contributed by atoms with van der Waals surface area (Å²) in [5.41, 5.74) is 0.729. The largest absolute Gasteiger partial charge is 0.481 e. The molecule has 0 bridgehead atoms. The minimum atomic E-state index is -0.733. The molecule has 2 heterocycles. The molecule has 2 atom stereocenters. The number of nitro benzene ring substituents is 1. The SMILES string of the molecule is CC1CC(C(=O)O)CN(Cc2ccc(-c3ccccc3[N+](=O)[O-])s2)C1. The predicted molar refractivity (Wildman–Crippen MR) is 96.6 cm³/mol. The molecule has 1 aromatic carbocycles. The van der Waals surface area contributed by atoms with Gasteiger partial charge in [-0.2, -0.15) is 0 Å². The van der Waals surface area contributed by atoms with Gasteiger partial charge in [-0.15, -0.1) is 11.3 Å². The summed E-state index contributed by atoms with van der Waals surface area (Å²) in [5.74, 6) is -0.703. The predicted octanol–water partition coefficient (Wildman–Crippen LogP) is 3.87. The number of piperidine rings is 1. The standard InChI is InChI=1S/C18H20N2O4S/c1-12-8-13(18(21)22)10-19(9-12)11-14-6-7-17(25-14)15-4-2-3-5-16(15)20(23)24/h2-7,12-13H,8-11H2,1H3,(H,21,22). The molecule has 0 amide bonds. The van der Waals surface area contributed by atoms with Crippen molar-refractivity contribution in [1.82, 2.24) is 4.90 Å². The molecule has 1 fully saturated rings. The van der Waals surface area contributed by atoms with E-state index in [0.29, 0.717) is 24.6 Å². The summed E-state index contributed by atoms with van der Waals surface area (Å²) in [6, 6.07) is 10.6. The number of benzene rings is 1. The van der Waals surface area contributed by atoms with Crippen LogP contribution in [-0.4, -0.2) is 34.0 Å². The van der Waals surface area contributed by atoms with E-state index in [-0.39, 0.29) is 16.5 Å². The Hall–Kier alpha value is -2.25. The van der Waals surface area contributed by atoms with E-state index in [1.165, 1.54) is 17.4 Å². The van der Waals surface area contributed by atoms with E-state index >= 15 is 0 Å². The van der Waals surface area contributed by atoms with Gasteiger partial charge in [-0.1, -0.05) is 19.1 Å². The number of nitrogens with zero attached hydrogens (tertiary/aromatic N) is 2. The third-order valence-corrected chi connectivity index (χ3v) is 5.60. The lowest BCUT2D eigenvalue weighted by Gasteiger charge is -2.34. The Bertz CT molecular complexity index is 789. The average Bonchev–Trinajstić information content (AvgIpc) is 3.02. The first-order valence-corrected chi connectivity index (χ1v) is 9.03. The molecule has 25 heavy (non-hydrogen) atoms. The van der Waals surface area contributed by atoms with Crippen molar-refractivity contribution in [1.29, 1.82) is 0 Å². The third kappa shape index (κ3) is 4.05. The molecule has 0 radical (unpaired) electrons. The van der Waals surface area contributed by atoms with Gasteiger partial charge in [0.25, 0.3) is 5.69 Å². The maximum Gasteiger partial charge on any atom is 0.307 e. The Kier molecular flexibility index (Phi) is 5.15. The van der Waals surface area contributed by atoms with Crippen LogP contribution in [0.25, 0.3) is 10.4 Å². The number of rotatable bonds is 5. The fraction of sp³-hybridized carbons (Fsp3) is 0.389. The number of carboxylic acids is 1. The molecule has 1 aromatic heterocycles. The third-order valence-electron chi connectivity index (χ3n) is 4.49. The minimum Gasteiger partial charge on any atom is -0.481 e. The molecule has 1 saturated heterocycles. The summed E-state index contributed by atoms with van der Waals surface area (Å²) in [6.07, 6.45) is 0.720. The molecule has 132 valence electrons. The highest BCUT2D eigenvalue weighted by atomic mass is 32.1.